The molecule has 0 fully saturated rings. The lowest BCUT2D eigenvalue weighted by atomic mass is 10.1. The van der Waals surface area contributed by atoms with Crippen LogP contribution in [0.4, 0.5) is 16.3 Å². The molecule has 1 aromatic carbocycles. The summed E-state index contributed by atoms with van der Waals surface area (Å²) in [6.45, 7) is 2.10. The highest BCUT2D eigenvalue weighted by Crippen LogP contribution is 2.25. The molecule has 25 heavy (non-hydrogen) atoms. The zero-order valence-corrected chi connectivity index (χ0v) is 14.1. The number of amides is 3. The van der Waals surface area contributed by atoms with Gasteiger partial charge in [0.05, 0.1) is 6.54 Å². The van der Waals surface area contributed by atoms with Gasteiger partial charge in [-0.05, 0) is 55.0 Å². The Balaban J connectivity index is 1.57. The molecule has 2 aliphatic rings. The van der Waals surface area contributed by atoms with Gasteiger partial charge in [0.15, 0.2) is 0 Å². The van der Waals surface area contributed by atoms with Crippen LogP contribution >= 0.6 is 0 Å². The lowest BCUT2D eigenvalue weighted by molar-refractivity contribution is -0.119. The molecular weight excluding hydrogens is 316 g/mol. The minimum atomic E-state index is -0.568. The number of para-hydroxylation sites is 1. The molecule has 1 aliphatic heterocycles. The zero-order chi connectivity index (χ0) is 17.4. The normalized spacial score (nSPS) is 18.8. The van der Waals surface area contributed by atoms with Crippen molar-refractivity contribution < 1.29 is 9.59 Å². The van der Waals surface area contributed by atoms with E-state index in [1.165, 1.54) is 16.0 Å². The molecule has 0 spiro atoms. The topological polar surface area (TPSA) is 74.3 Å². The number of nitrogens with zero attached hydrogens (tertiary/aromatic N) is 2. The van der Waals surface area contributed by atoms with Crippen LogP contribution in [0, 0.1) is 0 Å². The van der Waals surface area contributed by atoms with Crippen LogP contribution in [0.2, 0.25) is 0 Å². The SMILES string of the molecule is CC1C(=O)Nc2ccccc2CN1C(=O)Nc1cc2c(cn1)CCC2. The molecule has 2 heterocycles. The predicted molar refractivity (Wildman–Crippen MR) is 95.4 cm³/mol. The Morgan fingerprint density at radius 2 is 2.04 bits per heavy atom. The van der Waals surface area contributed by atoms with E-state index in [2.05, 4.69) is 15.6 Å². The van der Waals surface area contributed by atoms with E-state index in [4.69, 9.17) is 0 Å². The van der Waals surface area contributed by atoms with E-state index in [1.807, 2.05) is 36.5 Å². The summed E-state index contributed by atoms with van der Waals surface area (Å²) >= 11 is 0. The van der Waals surface area contributed by atoms with Gasteiger partial charge in [-0.25, -0.2) is 9.78 Å². The second-order valence-electron chi connectivity index (χ2n) is 6.57. The molecule has 128 valence electrons. The molecule has 0 bridgehead atoms. The van der Waals surface area contributed by atoms with Gasteiger partial charge < -0.3 is 10.2 Å². The number of pyridine rings is 1. The highest BCUT2D eigenvalue weighted by atomic mass is 16.2. The van der Waals surface area contributed by atoms with E-state index < -0.39 is 6.04 Å². The minimum absolute atomic E-state index is 0.193. The molecule has 6 nitrogen and oxygen atoms in total. The fraction of sp³-hybridized carbons (Fsp3) is 0.316. The molecule has 2 aromatic rings. The van der Waals surface area contributed by atoms with E-state index in [0.717, 1.165) is 30.5 Å². The first-order chi connectivity index (χ1) is 12.1. The van der Waals surface area contributed by atoms with Gasteiger partial charge in [0.2, 0.25) is 5.91 Å². The number of hydrogen-bond donors (Lipinski definition) is 2. The smallest absolute Gasteiger partial charge is 0.323 e. The predicted octanol–water partition coefficient (Wildman–Crippen LogP) is 2.95. The number of aryl methyl sites for hydroxylation is 2. The Hall–Kier alpha value is -2.89. The summed E-state index contributed by atoms with van der Waals surface area (Å²) in [5.41, 5.74) is 4.18. The van der Waals surface area contributed by atoms with Crippen LogP contribution in [0.3, 0.4) is 0 Å². The van der Waals surface area contributed by atoms with E-state index in [9.17, 15) is 9.59 Å². The standard InChI is InChI=1S/C19H20N4O2/c1-12-18(24)21-16-8-3-2-5-15(16)11-23(12)19(25)22-17-9-13-6-4-7-14(13)10-20-17/h2-3,5,8-10,12H,4,6-7,11H2,1H3,(H,21,24)(H,20,22,25). The lowest BCUT2D eigenvalue weighted by Crippen LogP contribution is -2.45. The number of hydrogen-bond acceptors (Lipinski definition) is 3. The quantitative estimate of drug-likeness (QED) is 0.841. The molecule has 4 rings (SSSR count). The lowest BCUT2D eigenvalue weighted by Gasteiger charge is -2.25. The molecule has 0 saturated carbocycles. The maximum atomic E-state index is 12.8. The van der Waals surface area contributed by atoms with Crippen molar-refractivity contribution in [1.29, 1.82) is 0 Å². The number of carbonyl (C=O) groups excluding carboxylic acids is 2. The zero-order valence-electron chi connectivity index (χ0n) is 14.1. The summed E-state index contributed by atoms with van der Waals surface area (Å²) in [4.78, 5) is 31.0. The number of nitrogens with one attached hydrogen (secondary N) is 2. The van der Waals surface area contributed by atoms with Crippen LogP contribution in [-0.4, -0.2) is 27.9 Å². The first-order valence-electron chi connectivity index (χ1n) is 8.56. The first kappa shape index (κ1) is 15.6. The Kier molecular flexibility index (Phi) is 3.87. The van der Waals surface area contributed by atoms with Crippen LogP contribution < -0.4 is 10.6 Å². The monoisotopic (exact) mass is 336 g/mol. The third-order valence-electron chi connectivity index (χ3n) is 4.93. The molecule has 6 heteroatoms. The number of benzene rings is 1. The van der Waals surface area contributed by atoms with E-state index in [-0.39, 0.29) is 11.9 Å². The summed E-state index contributed by atoms with van der Waals surface area (Å²) in [6.07, 6.45) is 5.05. The van der Waals surface area contributed by atoms with Crippen molar-refractivity contribution in [3.63, 3.8) is 0 Å². The Bertz CT molecular complexity index is 849. The van der Waals surface area contributed by atoms with Crippen molar-refractivity contribution in [2.45, 2.75) is 38.8 Å². The summed E-state index contributed by atoms with van der Waals surface area (Å²) < 4.78 is 0. The number of carbonyl (C=O) groups is 2. The van der Waals surface area contributed by atoms with Crippen LogP contribution in [0.5, 0.6) is 0 Å². The van der Waals surface area contributed by atoms with Gasteiger partial charge in [-0.3, -0.25) is 10.1 Å². The van der Waals surface area contributed by atoms with Gasteiger partial charge in [0.25, 0.3) is 0 Å². The van der Waals surface area contributed by atoms with Gasteiger partial charge in [-0.1, -0.05) is 18.2 Å². The molecule has 1 unspecified atom stereocenters. The third-order valence-corrected chi connectivity index (χ3v) is 4.93. The first-order valence-corrected chi connectivity index (χ1v) is 8.56. The molecule has 1 aromatic heterocycles. The van der Waals surface area contributed by atoms with Gasteiger partial charge in [0.1, 0.15) is 11.9 Å². The van der Waals surface area contributed by atoms with Crippen molar-refractivity contribution >= 4 is 23.4 Å². The number of anilines is 2. The summed E-state index contributed by atoms with van der Waals surface area (Å²) in [7, 11) is 0. The van der Waals surface area contributed by atoms with E-state index in [0.29, 0.717) is 12.4 Å². The van der Waals surface area contributed by atoms with Crippen molar-refractivity contribution in [3.8, 4) is 0 Å². The van der Waals surface area contributed by atoms with Crippen molar-refractivity contribution in [2.24, 2.45) is 0 Å². The van der Waals surface area contributed by atoms with Crippen molar-refractivity contribution in [1.82, 2.24) is 9.88 Å². The fourth-order valence-corrected chi connectivity index (χ4v) is 3.43. The van der Waals surface area contributed by atoms with Crippen molar-refractivity contribution in [3.05, 3.63) is 53.2 Å². The minimum Gasteiger partial charge on any atom is -0.324 e. The highest BCUT2D eigenvalue weighted by Gasteiger charge is 2.30. The van der Waals surface area contributed by atoms with Gasteiger partial charge in [-0.2, -0.15) is 0 Å². The maximum absolute atomic E-state index is 12.8. The van der Waals surface area contributed by atoms with Crippen LogP contribution in [-0.2, 0) is 24.2 Å². The second-order valence-corrected chi connectivity index (χ2v) is 6.57. The number of fused-ring (bicyclic) bond motifs is 2. The van der Waals surface area contributed by atoms with Crippen LogP contribution in [0.25, 0.3) is 0 Å². The van der Waals surface area contributed by atoms with Crippen LogP contribution in [0.1, 0.15) is 30.0 Å². The average Bonchev–Trinajstić information content (AvgIpc) is 3.03. The summed E-state index contributed by atoms with van der Waals surface area (Å²) in [5.74, 6) is 0.345. The highest BCUT2D eigenvalue weighted by molar-refractivity contribution is 6.00. The summed E-state index contributed by atoms with van der Waals surface area (Å²) in [6, 6.07) is 8.60. The number of aromatic nitrogens is 1. The molecule has 1 atom stereocenters. The Labute approximate surface area is 146 Å². The molecule has 0 radical (unpaired) electrons. The third kappa shape index (κ3) is 2.95. The Morgan fingerprint density at radius 1 is 1.24 bits per heavy atom. The molecule has 3 amide bonds. The largest absolute Gasteiger partial charge is 0.324 e. The van der Waals surface area contributed by atoms with Crippen molar-refractivity contribution in [2.75, 3.05) is 10.6 Å². The van der Waals surface area contributed by atoms with Gasteiger partial charge in [-0.15, -0.1) is 0 Å². The molecule has 2 N–H and O–H groups in total. The molecular formula is C19H20N4O2. The number of rotatable bonds is 1. The van der Waals surface area contributed by atoms with E-state index >= 15 is 0 Å². The molecule has 0 saturated heterocycles. The fourth-order valence-electron chi connectivity index (χ4n) is 3.43. The molecule has 1 aliphatic carbocycles. The average molecular weight is 336 g/mol. The van der Waals surface area contributed by atoms with E-state index in [1.54, 1.807) is 6.92 Å². The number of urea groups is 1. The van der Waals surface area contributed by atoms with Gasteiger partial charge >= 0.3 is 6.03 Å². The maximum Gasteiger partial charge on any atom is 0.323 e. The van der Waals surface area contributed by atoms with Gasteiger partial charge in [0, 0.05) is 11.9 Å². The summed E-state index contributed by atoms with van der Waals surface area (Å²) in [5, 5.41) is 5.73. The second kappa shape index (κ2) is 6.20. The van der Waals surface area contributed by atoms with Crippen LogP contribution in [0.15, 0.2) is 36.5 Å². The Morgan fingerprint density at radius 3 is 2.92 bits per heavy atom.